The Kier molecular flexibility index (Phi) is 5.82. The second-order valence-corrected chi connectivity index (χ2v) is 6.92. The Bertz CT molecular complexity index is 492. The summed E-state index contributed by atoms with van der Waals surface area (Å²) in [7, 11) is -1.49. The molecule has 0 fully saturated rings. The molecule has 2 atom stereocenters. The van der Waals surface area contributed by atoms with Gasteiger partial charge in [-0.3, -0.25) is 9.00 Å². The van der Waals surface area contributed by atoms with Crippen molar-refractivity contribution in [3.8, 4) is 0 Å². The van der Waals surface area contributed by atoms with Gasteiger partial charge in [-0.15, -0.1) is 0 Å². The van der Waals surface area contributed by atoms with Crippen LogP contribution in [-0.4, -0.2) is 21.9 Å². The average Bonchev–Trinajstić information content (AvgIpc) is 2.34. The molecule has 0 saturated carbocycles. The van der Waals surface area contributed by atoms with Crippen LogP contribution in [-0.2, 0) is 15.6 Å². The van der Waals surface area contributed by atoms with E-state index in [0.29, 0.717) is 28.1 Å². The number of benzene rings is 1. The molecule has 0 aliphatic carbocycles. The van der Waals surface area contributed by atoms with Crippen molar-refractivity contribution in [2.45, 2.75) is 30.9 Å². The van der Waals surface area contributed by atoms with Gasteiger partial charge < -0.3 is 11.1 Å². The lowest BCUT2D eigenvalue weighted by atomic mass is 10.2. The third-order valence-corrected chi connectivity index (χ3v) is 4.62. The number of halogens is 1. The highest BCUT2D eigenvalue weighted by Crippen LogP contribution is 2.24. The Hall–Kier alpha value is -1.07. The number of nitrogens with two attached hydrogens (primary N) is 1. The van der Waals surface area contributed by atoms with Crippen molar-refractivity contribution in [1.29, 1.82) is 0 Å². The number of anilines is 1. The zero-order chi connectivity index (χ0) is 14.6. The highest BCUT2D eigenvalue weighted by molar-refractivity contribution is 7.86. The molecule has 0 saturated heterocycles. The van der Waals surface area contributed by atoms with Crippen LogP contribution in [0.5, 0.6) is 0 Å². The van der Waals surface area contributed by atoms with E-state index in [1.54, 1.807) is 19.1 Å². The SMILES string of the molecule is CC(C)CNC(=O)C(C)S(=O)c1ccc(N)cc1Cl. The molecule has 19 heavy (non-hydrogen) atoms. The fourth-order valence-electron chi connectivity index (χ4n) is 1.42. The monoisotopic (exact) mass is 302 g/mol. The maximum Gasteiger partial charge on any atom is 0.235 e. The summed E-state index contributed by atoms with van der Waals surface area (Å²) in [5.74, 6) is 0.115. The number of nitrogen functional groups attached to an aromatic ring is 1. The first-order valence-corrected chi connectivity index (χ1v) is 7.65. The van der Waals surface area contributed by atoms with E-state index < -0.39 is 16.0 Å². The van der Waals surface area contributed by atoms with Gasteiger partial charge in [0.1, 0.15) is 5.25 Å². The molecule has 0 bridgehead atoms. The van der Waals surface area contributed by atoms with E-state index in [9.17, 15) is 9.00 Å². The third kappa shape index (κ3) is 4.51. The molecular formula is C13H19ClN2O2S. The Balaban J connectivity index is 2.79. The first-order chi connectivity index (χ1) is 8.82. The summed E-state index contributed by atoms with van der Waals surface area (Å²) in [6.07, 6.45) is 0. The number of hydrogen-bond donors (Lipinski definition) is 2. The Labute approximate surface area is 121 Å². The summed E-state index contributed by atoms with van der Waals surface area (Å²) >= 11 is 6.00. The fourth-order valence-corrected chi connectivity index (χ4v) is 2.95. The standard InChI is InChI=1S/C13H19ClN2O2S/c1-8(2)7-16-13(17)9(3)19(18)12-5-4-10(15)6-11(12)14/h4-6,8-9H,7,15H2,1-3H3,(H,16,17). The summed E-state index contributed by atoms with van der Waals surface area (Å²) in [6, 6.07) is 4.76. The van der Waals surface area contributed by atoms with Gasteiger partial charge >= 0.3 is 0 Å². The molecule has 0 spiro atoms. The Morgan fingerprint density at radius 3 is 2.58 bits per heavy atom. The molecule has 1 amide bonds. The lowest BCUT2D eigenvalue weighted by Crippen LogP contribution is -2.37. The van der Waals surface area contributed by atoms with Gasteiger partial charge in [0.15, 0.2) is 0 Å². The maximum absolute atomic E-state index is 12.3. The average molecular weight is 303 g/mol. The van der Waals surface area contributed by atoms with Crippen molar-refractivity contribution in [3.05, 3.63) is 23.2 Å². The molecule has 3 N–H and O–H groups in total. The Morgan fingerprint density at radius 1 is 1.42 bits per heavy atom. The van der Waals surface area contributed by atoms with E-state index in [0.717, 1.165) is 0 Å². The predicted octanol–water partition coefficient (Wildman–Crippen LogP) is 2.19. The number of rotatable bonds is 5. The molecule has 4 nitrogen and oxygen atoms in total. The van der Waals surface area contributed by atoms with Crippen LogP contribution < -0.4 is 11.1 Å². The minimum Gasteiger partial charge on any atom is -0.399 e. The quantitative estimate of drug-likeness (QED) is 0.819. The fraction of sp³-hybridized carbons (Fsp3) is 0.462. The number of carbonyl (C=O) groups excluding carboxylic acids is 1. The summed E-state index contributed by atoms with van der Waals surface area (Å²) < 4.78 is 12.3. The van der Waals surface area contributed by atoms with Crippen LogP contribution in [0.2, 0.25) is 5.02 Å². The van der Waals surface area contributed by atoms with Gasteiger partial charge in [-0.25, -0.2) is 0 Å². The summed E-state index contributed by atoms with van der Waals surface area (Å²) in [6.45, 7) is 6.19. The van der Waals surface area contributed by atoms with E-state index in [4.69, 9.17) is 17.3 Å². The second kappa shape index (κ2) is 6.91. The molecule has 1 aromatic carbocycles. The molecule has 0 aliphatic rings. The van der Waals surface area contributed by atoms with E-state index in [1.165, 1.54) is 6.07 Å². The molecular weight excluding hydrogens is 284 g/mol. The summed E-state index contributed by atoms with van der Waals surface area (Å²) in [5, 5.41) is 2.43. The number of hydrogen-bond acceptors (Lipinski definition) is 3. The van der Waals surface area contributed by atoms with E-state index >= 15 is 0 Å². The minimum absolute atomic E-state index is 0.236. The number of amides is 1. The van der Waals surface area contributed by atoms with Gasteiger partial charge in [0, 0.05) is 12.2 Å². The lowest BCUT2D eigenvalue weighted by molar-refractivity contribution is -0.120. The van der Waals surface area contributed by atoms with Gasteiger partial charge in [-0.2, -0.15) is 0 Å². The highest BCUT2D eigenvalue weighted by atomic mass is 35.5. The van der Waals surface area contributed by atoms with Gasteiger partial charge in [-0.1, -0.05) is 25.4 Å². The van der Waals surface area contributed by atoms with Crippen LogP contribution in [0.25, 0.3) is 0 Å². The molecule has 0 aliphatic heterocycles. The van der Waals surface area contributed by atoms with Crippen molar-refractivity contribution >= 4 is 34.0 Å². The molecule has 6 heteroatoms. The second-order valence-electron chi connectivity index (χ2n) is 4.77. The van der Waals surface area contributed by atoms with Crippen molar-refractivity contribution in [2.24, 2.45) is 5.92 Å². The zero-order valence-corrected chi connectivity index (χ0v) is 12.8. The van der Waals surface area contributed by atoms with E-state index in [2.05, 4.69) is 5.32 Å². The van der Waals surface area contributed by atoms with Gasteiger partial charge in [0.05, 0.1) is 20.7 Å². The highest BCUT2D eigenvalue weighted by Gasteiger charge is 2.23. The maximum atomic E-state index is 12.3. The minimum atomic E-state index is -1.49. The smallest absolute Gasteiger partial charge is 0.235 e. The van der Waals surface area contributed by atoms with Gasteiger partial charge in [-0.05, 0) is 31.0 Å². The zero-order valence-electron chi connectivity index (χ0n) is 11.3. The third-order valence-electron chi connectivity index (χ3n) is 2.55. The van der Waals surface area contributed by atoms with E-state index in [-0.39, 0.29) is 5.91 Å². The van der Waals surface area contributed by atoms with Gasteiger partial charge in [0.25, 0.3) is 0 Å². The first-order valence-electron chi connectivity index (χ1n) is 6.06. The molecule has 0 radical (unpaired) electrons. The van der Waals surface area contributed by atoms with Crippen molar-refractivity contribution < 1.29 is 9.00 Å². The lowest BCUT2D eigenvalue weighted by Gasteiger charge is -2.14. The van der Waals surface area contributed by atoms with Crippen LogP contribution in [0.1, 0.15) is 20.8 Å². The van der Waals surface area contributed by atoms with Crippen LogP contribution in [0.3, 0.4) is 0 Å². The summed E-state index contributed by atoms with van der Waals surface area (Å²) in [4.78, 5) is 12.3. The van der Waals surface area contributed by atoms with Crippen molar-refractivity contribution in [1.82, 2.24) is 5.32 Å². The van der Waals surface area contributed by atoms with Crippen molar-refractivity contribution in [3.63, 3.8) is 0 Å². The van der Waals surface area contributed by atoms with Crippen LogP contribution >= 0.6 is 11.6 Å². The topological polar surface area (TPSA) is 72.2 Å². The molecule has 106 valence electrons. The van der Waals surface area contributed by atoms with Gasteiger partial charge in [0.2, 0.25) is 5.91 Å². The van der Waals surface area contributed by atoms with Crippen LogP contribution in [0, 0.1) is 5.92 Å². The van der Waals surface area contributed by atoms with Crippen molar-refractivity contribution in [2.75, 3.05) is 12.3 Å². The summed E-state index contributed by atoms with van der Waals surface area (Å²) in [5.41, 5.74) is 6.08. The van der Waals surface area contributed by atoms with Crippen LogP contribution in [0.15, 0.2) is 23.1 Å². The molecule has 1 rings (SSSR count). The van der Waals surface area contributed by atoms with Crippen LogP contribution in [0.4, 0.5) is 5.69 Å². The molecule has 0 heterocycles. The largest absolute Gasteiger partial charge is 0.399 e. The molecule has 2 unspecified atom stereocenters. The Morgan fingerprint density at radius 2 is 2.05 bits per heavy atom. The number of nitrogens with one attached hydrogen (secondary N) is 1. The normalized spacial score (nSPS) is 14.2. The predicted molar refractivity (Wildman–Crippen MR) is 79.6 cm³/mol. The number of carbonyl (C=O) groups is 1. The first kappa shape index (κ1) is 16.0. The molecule has 0 aromatic heterocycles. The van der Waals surface area contributed by atoms with E-state index in [1.807, 2.05) is 13.8 Å². The molecule has 1 aromatic rings.